The number of para-hydroxylation sites is 1. The van der Waals surface area contributed by atoms with Crippen molar-refractivity contribution in [3.8, 4) is 5.75 Å². The van der Waals surface area contributed by atoms with Gasteiger partial charge >= 0.3 is 0 Å². The smallest absolute Gasteiger partial charge is 0.264 e. The van der Waals surface area contributed by atoms with Crippen molar-refractivity contribution in [3.63, 3.8) is 0 Å². The molecule has 3 aromatic rings. The highest BCUT2D eigenvalue weighted by Gasteiger charge is 2.34. The van der Waals surface area contributed by atoms with Gasteiger partial charge in [0.1, 0.15) is 18.3 Å². The number of benzene rings is 3. The number of halogens is 1. The van der Waals surface area contributed by atoms with E-state index in [0.717, 1.165) is 15.4 Å². The molecule has 0 bridgehead atoms. The molecular weight excluding hydrogens is 538 g/mol. The number of ether oxygens (including phenoxy) is 1. The number of carbonyl (C=O) groups is 2. The van der Waals surface area contributed by atoms with Crippen LogP contribution in [0.2, 0.25) is 5.02 Å². The predicted octanol–water partition coefficient (Wildman–Crippen LogP) is 4.80. The number of nitrogens with one attached hydrogen (secondary N) is 1. The van der Waals surface area contributed by atoms with Gasteiger partial charge in [-0.05, 0) is 62.2 Å². The van der Waals surface area contributed by atoms with Crippen molar-refractivity contribution >= 4 is 39.1 Å². The van der Waals surface area contributed by atoms with Crippen LogP contribution < -0.4 is 14.4 Å². The lowest BCUT2D eigenvalue weighted by Gasteiger charge is -2.33. The number of sulfonamides is 1. The molecule has 2 amide bonds. The van der Waals surface area contributed by atoms with Crippen LogP contribution in [-0.4, -0.2) is 51.4 Å². The van der Waals surface area contributed by atoms with E-state index in [2.05, 4.69) is 5.32 Å². The number of anilines is 1. The number of hydrogen-bond acceptors (Lipinski definition) is 5. The van der Waals surface area contributed by atoms with E-state index >= 15 is 0 Å². The van der Waals surface area contributed by atoms with E-state index in [9.17, 15) is 18.0 Å². The molecule has 208 valence electrons. The van der Waals surface area contributed by atoms with Gasteiger partial charge in [-0.2, -0.15) is 0 Å². The molecule has 3 aromatic carbocycles. The van der Waals surface area contributed by atoms with Crippen LogP contribution >= 0.6 is 11.6 Å². The fourth-order valence-electron chi connectivity index (χ4n) is 4.14. The molecule has 0 unspecified atom stereocenters. The molecule has 1 N–H and O–H groups in total. The highest BCUT2D eigenvalue weighted by molar-refractivity contribution is 7.92. The fraction of sp³-hybridized carbons (Fsp3) is 0.310. The number of hydrogen-bond donors (Lipinski definition) is 1. The van der Waals surface area contributed by atoms with Crippen molar-refractivity contribution in [2.75, 3.05) is 24.5 Å². The van der Waals surface area contributed by atoms with Crippen LogP contribution in [0.25, 0.3) is 0 Å². The lowest BCUT2D eigenvalue weighted by atomic mass is 10.1. The topological polar surface area (TPSA) is 96.0 Å². The molecule has 0 aliphatic heterocycles. The molecule has 1 atom stereocenters. The Hall–Kier alpha value is -3.56. The molecule has 0 saturated carbocycles. The lowest BCUT2D eigenvalue weighted by Crippen LogP contribution is -2.52. The molecule has 0 fully saturated rings. The third-order valence-electron chi connectivity index (χ3n) is 6.26. The number of rotatable bonds is 12. The Morgan fingerprint density at radius 2 is 1.62 bits per heavy atom. The van der Waals surface area contributed by atoms with E-state index in [1.165, 1.54) is 17.0 Å². The van der Waals surface area contributed by atoms with E-state index in [1.807, 2.05) is 13.8 Å². The molecule has 0 spiro atoms. The monoisotopic (exact) mass is 571 g/mol. The summed E-state index contributed by atoms with van der Waals surface area (Å²) in [5, 5.41) is 2.96. The van der Waals surface area contributed by atoms with Gasteiger partial charge in [-0.3, -0.25) is 13.9 Å². The summed E-state index contributed by atoms with van der Waals surface area (Å²) in [6.07, 6.45) is 0.338. The Labute approximate surface area is 235 Å². The maximum Gasteiger partial charge on any atom is 0.264 e. The Morgan fingerprint density at radius 3 is 2.18 bits per heavy atom. The van der Waals surface area contributed by atoms with E-state index < -0.39 is 28.5 Å². The standard InChI is InChI=1S/C29H34ClN3O5S/c1-5-26(29(35)31-6-2)32(19-22-13-15-23(38-4)16-14-22)28(34)20-33(27-10-8-7-9-25(27)30)39(36,37)24-17-11-21(3)12-18-24/h7-18,26H,5-6,19-20H2,1-4H3,(H,31,35)/t26-/m1/s1. The number of methoxy groups -OCH3 is 1. The highest BCUT2D eigenvalue weighted by Crippen LogP contribution is 2.31. The molecule has 0 heterocycles. The molecule has 0 aliphatic rings. The number of aryl methyl sites for hydroxylation is 1. The predicted molar refractivity (Wildman–Crippen MR) is 153 cm³/mol. The first-order valence-corrected chi connectivity index (χ1v) is 14.5. The summed E-state index contributed by atoms with van der Waals surface area (Å²) < 4.78 is 34.0. The summed E-state index contributed by atoms with van der Waals surface area (Å²) in [5.41, 5.74) is 1.83. The second-order valence-electron chi connectivity index (χ2n) is 8.96. The van der Waals surface area contributed by atoms with Crippen LogP contribution in [0.5, 0.6) is 5.75 Å². The maximum atomic E-state index is 14.0. The van der Waals surface area contributed by atoms with Crippen LogP contribution in [-0.2, 0) is 26.2 Å². The minimum atomic E-state index is -4.18. The quantitative estimate of drug-likeness (QED) is 0.337. The SMILES string of the molecule is CCNC(=O)[C@@H](CC)N(Cc1ccc(OC)cc1)C(=O)CN(c1ccccc1Cl)S(=O)(=O)c1ccc(C)cc1. The van der Waals surface area contributed by atoms with Crippen LogP contribution in [0.4, 0.5) is 5.69 Å². The zero-order chi connectivity index (χ0) is 28.6. The van der Waals surface area contributed by atoms with Crippen LogP contribution in [0, 0.1) is 6.92 Å². The summed E-state index contributed by atoms with van der Waals surface area (Å²) in [7, 11) is -2.62. The minimum absolute atomic E-state index is 0.0262. The lowest BCUT2D eigenvalue weighted by molar-refractivity contribution is -0.140. The zero-order valence-electron chi connectivity index (χ0n) is 22.6. The van der Waals surface area contributed by atoms with E-state index in [1.54, 1.807) is 74.7 Å². The summed E-state index contributed by atoms with van der Waals surface area (Å²) in [6, 6.07) is 19.2. The van der Waals surface area contributed by atoms with Gasteiger partial charge in [0.15, 0.2) is 0 Å². The molecule has 0 aromatic heterocycles. The zero-order valence-corrected chi connectivity index (χ0v) is 24.1. The largest absolute Gasteiger partial charge is 0.497 e. The molecule has 39 heavy (non-hydrogen) atoms. The number of likely N-dealkylation sites (N-methyl/N-ethyl adjacent to an activating group) is 1. The summed E-state index contributed by atoms with van der Waals surface area (Å²) in [5.74, 6) is -0.200. The normalized spacial score (nSPS) is 11.9. The molecular formula is C29H34ClN3O5S. The third kappa shape index (κ3) is 7.30. The summed E-state index contributed by atoms with van der Waals surface area (Å²) >= 11 is 6.43. The maximum absolute atomic E-state index is 14.0. The van der Waals surface area contributed by atoms with Gasteiger partial charge in [0, 0.05) is 13.1 Å². The second kappa shape index (κ2) is 13.5. The molecule has 0 aliphatic carbocycles. The van der Waals surface area contributed by atoms with Gasteiger partial charge < -0.3 is 15.0 Å². The number of carbonyl (C=O) groups excluding carboxylic acids is 2. The van der Waals surface area contributed by atoms with E-state index in [-0.39, 0.29) is 28.1 Å². The van der Waals surface area contributed by atoms with Crippen molar-refractivity contribution in [1.29, 1.82) is 0 Å². The Balaban J connectivity index is 2.06. The first-order valence-electron chi connectivity index (χ1n) is 12.7. The van der Waals surface area contributed by atoms with Gasteiger partial charge in [-0.25, -0.2) is 8.42 Å². The number of nitrogens with zero attached hydrogens (tertiary/aromatic N) is 2. The first-order chi connectivity index (χ1) is 18.6. The van der Waals surface area contributed by atoms with Gasteiger partial charge in [0.2, 0.25) is 11.8 Å². The van der Waals surface area contributed by atoms with Crippen LogP contribution in [0.3, 0.4) is 0 Å². The van der Waals surface area contributed by atoms with E-state index in [4.69, 9.17) is 16.3 Å². The molecule has 3 rings (SSSR count). The van der Waals surface area contributed by atoms with Gasteiger partial charge in [0.05, 0.1) is 22.7 Å². The van der Waals surface area contributed by atoms with Gasteiger partial charge in [-0.15, -0.1) is 0 Å². The summed E-state index contributed by atoms with van der Waals surface area (Å²) in [6.45, 7) is 5.41. The van der Waals surface area contributed by atoms with Crippen molar-refractivity contribution in [3.05, 3.63) is 88.9 Å². The Bertz CT molecular complexity index is 1380. The van der Waals surface area contributed by atoms with Crippen molar-refractivity contribution in [1.82, 2.24) is 10.2 Å². The van der Waals surface area contributed by atoms with Crippen LogP contribution in [0.1, 0.15) is 31.4 Å². The van der Waals surface area contributed by atoms with Crippen molar-refractivity contribution < 1.29 is 22.7 Å². The second-order valence-corrected chi connectivity index (χ2v) is 11.2. The average Bonchev–Trinajstić information content (AvgIpc) is 2.92. The third-order valence-corrected chi connectivity index (χ3v) is 8.35. The Kier molecular flexibility index (Phi) is 10.4. The Morgan fingerprint density at radius 1 is 0.974 bits per heavy atom. The molecule has 0 radical (unpaired) electrons. The summed E-state index contributed by atoms with van der Waals surface area (Å²) in [4.78, 5) is 28.4. The van der Waals surface area contributed by atoms with Crippen molar-refractivity contribution in [2.24, 2.45) is 0 Å². The first kappa shape index (κ1) is 30.0. The highest BCUT2D eigenvalue weighted by atomic mass is 35.5. The van der Waals surface area contributed by atoms with Gasteiger partial charge in [0.25, 0.3) is 10.0 Å². The molecule has 10 heteroatoms. The minimum Gasteiger partial charge on any atom is -0.497 e. The van der Waals surface area contributed by atoms with E-state index in [0.29, 0.717) is 18.7 Å². The van der Waals surface area contributed by atoms with Gasteiger partial charge in [-0.1, -0.05) is 60.5 Å². The van der Waals surface area contributed by atoms with Crippen LogP contribution in [0.15, 0.2) is 77.7 Å². The fourth-order valence-corrected chi connectivity index (χ4v) is 5.86. The molecule has 0 saturated heterocycles. The average molecular weight is 572 g/mol. The molecule has 8 nitrogen and oxygen atoms in total. The number of amides is 2. The van der Waals surface area contributed by atoms with Crippen molar-refractivity contribution in [2.45, 2.75) is 44.7 Å².